The molecule has 1 saturated heterocycles. The van der Waals surface area contributed by atoms with Crippen LogP contribution in [0.5, 0.6) is 5.75 Å². The predicted molar refractivity (Wildman–Crippen MR) is 122 cm³/mol. The summed E-state index contributed by atoms with van der Waals surface area (Å²) in [6.45, 7) is 5.34. The third kappa shape index (κ3) is 7.59. The molecular formula is C23H31N3O5S. The summed E-state index contributed by atoms with van der Waals surface area (Å²) in [5, 5.41) is 2.93. The van der Waals surface area contributed by atoms with E-state index in [0.29, 0.717) is 26.0 Å². The molecular weight excluding hydrogens is 430 g/mol. The Morgan fingerprint density at radius 3 is 2.56 bits per heavy atom. The third-order valence-corrected chi connectivity index (χ3v) is 6.74. The Hall–Kier alpha value is -2.46. The zero-order valence-corrected chi connectivity index (χ0v) is 19.2. The van der Waals surface area contributed by atoms with Crippen LogP contribution in [0.3, 0.4) is 0 Å². The molecule has 174 valence electrons. The van der Waals surface area contributed by atoms with Gasteiger partial charge < -0.3 is 14.8 Å². The van der Waals surface area contributed by atoms with Gasteiger partial charge in [-0.2, -0.15) is 0 Å². The fourth-order valence-electron chi connectivity index (χ4n) is 3.36. The van der Waals surface area contributed by atoms with Gasteiger partial charge in [0.25, 0.3) is 0 Å². The molecule has 0 atom stereocenters. The van der Waals surface area contributed by atoms with Crippen molar-refractivity contribution in [2.45, 2.75) is 24.3 Å². The van der Waals surface area contributed by atoms with Crippen LogP contribution in [0.25, 0.3) is 0 Å². The van der Waals surface area contributed by atoms with E-state index in [1.807, 2.05) is 24.3 Å². The summed E-state index contributed by atoms with van der Waals surface area (Å²) in [6.07, 6.45) is 0.865. The van der Waals surface area contributed by atoms with Crippen molar-refractivity contribution in [3.05, 3.63) is 59.7 Å². The van der Waals surface area contributed by atoms with E-state index in [4.69, 9.17) is 9.47 Å². The highest BCUT2D eigenvalue weighted by Gasteiger charge is 2.11. The summed E-state index contributed by atoms with van der Waals surface area (Å²) in [5.41, 5.74) is 1.88. The van der Waals surface area contributed by atoms with Crippen molar-refractivity contribution in [3.8, 4) is 5.75 Å². The van der Waals surface area contributed by atoms with Crippen molar-refractivity contribution in [1.29, 1.82) is 0 Å². The number of rotatable bonds is 11. The number of nitrogens with zero attached hydrogens (tertiary/aromatic N) is 1. The first-order valence-electron chi connectivity index (χ1n) is 10.8. The highest BCUT2D eigenvalue weighted by atomic mass is 32.2. The van der Waals surface area contributed by atoms with Gasteiger partial charge in [0.2, 0.25) is 15.9 Å². The number of ether oxygens (including phenoxy) is 2. The quantitative estimate of drug-likeness (QED) is 0.527. The predicted octanol–water partition coefficient (Wildman–Crippen LogP) is 1.55. The first kappa shape index (κ1) is 24.2. The van der Waals surface area contributed by atoms with Gasteiger partial charge in [-0.05, 0) is 48.9 Å². The number of aryl methyl sites for hydroxylation is 1. The molecule has 0 radical (unpaired) electrons. The average molecular weight is 462 g/mol. The van der Waals surface area contributed by atoms with Gasteiger partial charge in [0.15, 0.2) is 0 Å². The fraction of sp³-hybridized carbons (Fsp3) is 0.435. The van der Waals surface area contributed by atoms with Crippen LogP contribution in [0.1, 0.15) is 17.5 Å². The second-order valence-corrected chi connectivity index (χ2v) is 9.46. The van der Waals surface area contributed by atoms with Crippen molar-refractivity contribution in [1.82, 2.24) is 14.9 Å². The molecule has 8 nitrogen and oxygen atoms in total. The van der Waals surface area contributed by atoms with Crippen LogP contribution in [-0.2, 0) is 32.5 Å². The summed E-state index contributed by atoms with van der Waals surface area (Å²) < 4.78 is 37.0. The number of morpholine rings is 1. The number of sulfonamides is 1. The van der Waals surface area contributed by atoms with Gasteiger partial charge in [0.1, 0.15) is 12.4 Å². The molecule has 3 rings (SSSR count). The van der Waals surface area contributed by atoms with E-state index < -0.39 is 10.0 Å². The minimum absolute atomic E-state index is 0.0597. The molecule has 9 heteroatoms. The number of hydrogen-bond donors (Lipinski definition) is 2. The van der Waals surface area contributed by atoms with E-state index in [0.717, 1.165) is 49.7 Å². The van der Waals surface area contributed by atoms with E-state index in [1.54, 1.807) is 24.3 Å². The van der Waals surface area contributed by atoms with E-state index in [2.05, 4.69) is 14.9 Å². The van der Waals surface area contributed by atoms with Crippen LogP contribution in [0, 0.1) is 0 Å². The SMILES string of the molecule is CNS(=O)(=O)c1ccc(CCC(=O)NCc2cccc(OCCN3CCOCC3)c2)cc1. The van der Waals surface area contributed by atoms with Crippen LogP contribution in [0.4, 0.5) is 0 Å². The van der Waals surface area contributed by atoms with Crippen molar-refractivity contribution in [2.24, 2.45) is 0 Å². The zero-order chi connectivity index (χ0) is 22.8. The second-order valence-electron chi connectivity index (χ2n) is 7.58. The highest BCUT2D eigenvalue weighted by molar-refractivity contribution is 7.89. The topological polar surface area (TPSA) is 97.0 Å². The molecule has 2 aromatic carbocycles. The lowest BCUT2D eigenvalue weighted by Gasteiger charge is -2.26. The van der Waals surface area contributed by atoms with Crippen molar-refractivity contribution >= 4 is 15.9 Å². The van der Waals surface area contributed by atoms with Crippen molar-refractivity contribution in [3.63, 3.8) is 0 Å². The van der Waals surface area contributed by atoms with Crippen LogP contribution in [0.15, 0.2) is 53.4 Å². The zero-order valence-electron chi connectivity index (χ0n) is 18.4. The van der Waals surface area contributed by atoms with Crippen molar-refractivity contribution in [2.75, 3.05) is 46.5 Å². The summed E-state index contributed by atoms with van der Waals surface area (Å²) in [6, 6.07) is 14.3. The van der Waals surface area contributed by atoms with Crippen LogP contribution in [-0.4, -0.2) is 65.7 Å². The Labute approximate surface area is 190 Å². The minimum atomic E-state index is -3.45. The second kappa shape index (κ2) is 12.0. The summed E-state index contributed by atoms with van der Waals surface area (Å²) in [4.78, 5) is 14.8. The third-order valence-electron chi connectivity index (χ3n) is 5.31. The molecule has 2 N–H and O–H groups in total. The first-order valence-corrected chi connectivity index (χ1v) is 12.3. The number of carbonyl (C=O) groups is 1. The number of nitrogens with one attached hydrogen (secondary N) is 2. The molecule has 1 amide bonds. The largest absolute Gasteiger partial charge is 0.492 e. The number of hydrogen-bond acceptors (Lipinski definition) is 6. The average Bonchev–Trinajstić information content (AvgIpc) is 2.82. The number of amides is 1. The van der Waals surface area contributed by atoms with Gasteiger partial charge in [-0.15, -0.1) is 0 Å². The number of carbonyl (C=O) groups excluding carboxylic acids is 1. The van der Waals surface area contributed by atoms with Crippen LogP contribution < -0.4 is 14.8 Å². The van der Waals surface area contributed by atoms with E-state index in [-0.39, 0.29) is 10.8 Å². The van der Waals surface area contributed by atoms with Gasteiger partial charge in [-0.1, -0.05) is 24.3 Å². The monoisotopic (exact) mass is 461 g/mol. The van der Waals surface area contributed by atoms with E-state index >= 15 is 0 Å². The molecule has 1 aliphatic heterocycles. The highest BCUT2D eigenvalue weighted by Crippen LogP contribution is 2.14. The molecule has 32 heavy (non-hydrogen) atoms. The van der Waals surface area contributed by atoms with Gasteiger partial charge in [-0.3, -0.25) is 9.69 Å². The molecule has 0 spiro atoms. The normalized spacial score (nSPS) is 14.8. The molecule has 1 heterocycles. The molecule has 1 aliphatic rings. The fourth-order valence-corrected chi connectivity index (χ4v) is 4.09. The van der Waals surface area contributed by atoms with Gasteiger partial charge in [-0.25, -0.2) is 13.1 Å². The minimum Gasteiger partial charge on any atom is -0.492 e. The lowest BCUT2D eigenvalue weighted by atomic mass is 10.1. The Balaban J connectivity index is 1.39. The van der Waals surface area contributed by atoms with Gasteiger partial charge >= 0.3 is 0 Å². The Bertz CT molecular complexity index is 973. The molecule has 1 fully saturated rings. The molecule has 0 aromatic heterocycles. The molecule has 0 bridgehead atoms. The van der Waals surface area contributed by atoms with Crippen molar-refractivity contribution < 1.29 is 22.7 Å². The van der Waals surface area contributed by atoms with Gasteiger partial charge in [0.05, 0.1) is 18.1 Å². The summed E-state index contributed by atoms with van der Waals surface area (Å²) >= 11 is 0. The lowest BCUT2D eigenvalue weighted by Crippen LogP contribution is -2.38. The molecule has 0 aliphatic carbocycles. The maximum atomic E-state index is 12.2. The Kier molecular flexibility index (Phi) is 9.04. The summed E-state index contributed by atoms with van der Waals surface area (Å²) in [7, 11) is -2.07. The maximum absolute atomic E-state index is 12.2. The Morgan fingerprint density at radius 2 is 1.84 bits per heavy atom. The molecule has 0 unspecified atom stereocenters. The summed E-state index contributed by atoms with van der Waals surface area (Å²) in [5.74, 6) is 0.734. The van der Waals surface area contributed by atoms with Gasteiger partial charge in [0, 0.05) is 32.6 Å². The van der Waals surface area contributed by atoms with E-state index in [1.165, 1.54) is 7.05 Å². The maximum Gasteiger partial charge on any atom is 0.240 e. The van der Waals surface area contributed by atoms with E-state index in [9.17, 15) is 13.2 Å². The lowest BCUT2D eigenvalue weighted by molar-refractivity contribution is -0.121. The smallest absolute Gasteiger partial charge is 0.240 e. The Morgan fingerprint density at radius 1 is 1.09 bits per heavy atom. The molecule has 0 saturated carbocycles. The van der Waals surface area contributed by atoms with Crippen LogP contribution in [0.2, 0.25) is 0 Å². The standard InChI is InChI=1S/C23H31N3O5S/c1-24-32(28,29)22-8-5-19(6-9-22)7-10-23(27)25-18-20-3-2-4-21(17-20)31-16-13-26-11-14-30-15-12-26/h2-6,8-9,17,24H,7,10-16,18H2,1H3,(H,25,27). The molecule has 2 aromatic rings. The van der Waals surface area contributed by atoms with Crippen LogP contribution >= 0.6 is 0 Å². The number of benzene rings is 2. The first-order chi connectivity index (χ1) is 15.5.